The number of hydrogen-bond acceptors (Lipinski definition) is 3. The van der Waals surface area contributed by atoms with E-state index < -0.39 is 17.8 Å². The third kappa shape index (κ3) is 5.48. The standard InChI is InChI=1S/C17H12BrCl2FN2O2S/c1-2-14(18)26-15-11(19)7-9(8-12(15)20)22-17(25)23-16(24)10-5-3-4-6-13(10)21/h2-8,14H,1H2,(H2,22,23,24,25). The number of anilines is 1. The molecule has 0 fully saturated rings. The summed E-state index contributed by atoms with van der Waals surface area (Å²) >= 11 is 17.1. The van der Waals surface area contributed by atoms with Crippen LogP contribution in [-0.2, 0) is 0 Å². The van der Waals surface area contributed by atoms with Crippen molar-refractivity contribution in [3.63, 3.8) is 0 Å². The number of carbonyl (C=O) groups excluding carboxylic acids is 2. The van der Waals surface area contributed by atoms with E-state index in [1.165, 1.54) is 42.1 Å². The van der Waals surface area contributed by atoms with Crippen molar-refractivity contribution in [1.82, 2.24) is 5.32 Å². The predicted molar refractivity (Wildman–Crippen MR) is 108 cm³/mol. The Balaban J connectivity index is 2.08. The first kappa shape index (κ1) is 20.8. The number of alkyl halides is 1. The molecule has 0 saturated heterocycles. The second-order valence-corrected chi connectivity index (χ2v) is 8.42. The molecule has 2 aromatic carbocycles. The molecular weight excluding hydrogens is 466 g/mol. The average molecular weight is 478 g/mol. The van der Waals surface area contributed by atoms with Gasteiger partial charge in [0.1, 0.15) is 5.82 Å². The maximum absolute atomic E-state index is 13.6. The number of imide groups is 1. The molecule has 0 aliphatic rings. The van der Waals surface area contributed by atoms with Crippen molar-refractivity contribution in [1.29, 1.82) is 0 Å². The topological polar surface area (TPSA) is 58.2 Å². The van der Waals surface area contributed by atoms with Crippen LogP contribution < -0.4 is 10.6 Å². The number of carbonyl (C=O) groups is 2. The van der Waals surface area contributed by atoms with Crippen LogP contribution in [0.1, 0.15) is 10.4 Å². The summed E-state index contributed by atoms with van der Waals surface area (Å²) in [6.07, 6.45) is 1.67. The molecule has 136 valence electrons. The Morgan fingerprint density at radius 3 is 2.42 bits per heavy atom. The molecule has 0 saturated carbocycles. The van der Waals surface area contributed by atoms with Gasteiger partial charge in [-0.25, -0.2) is 9.18 Å². The number of hydrogen-bond donors (Lipinski definition) is 2. The summed E-state index contributed by atoms with van der Waals surface area (Å²) in [6, 6.07) is 7.48. The van der Waals surface area contributed by atoms with Crippen LogP contribution in [-0.4, -0.2) is 16.1 Å². The molecule has 0 heterocycles. The summed E-state index contributed by atoms with van der Waals surface area (Å²) < 4.78 is 13.5. The number of nitrogens with one attached hydrogen (secondary N) is 2. The molecule has 0 aliphatic heterocycles. The van der Waals surface area contributed by atoms with Gasteiger partial charge in [0.15, 0.2) is 0 Å². The number of benzene rings is 2. The second-order valence-electron chi connectivity index (χ2n) is 4.86. The summed E-state index contributed by atoms with van der Waals surface area (Å²) in [5, 5.41) is 5.12. The van der Waals surface area contributed by atoms with Gasteiger partial charge in [0.05, 0.1) is 19.8 Å². The van der Waals surface area contributed by atoms with E-state index in [1.807, 2.05) is 5.32 Å². The van der Waals surface area contributed by atoms with Crippen LogP contribution in [0.25, 0.3) is 0 Å². The minimum atomic E-state index is -0.863. The molecule has 0 radical (unpaired) electrons. The molecule has 26 heavy (non-hydrogen) atoms. The maximum atomic E-state index is 13.6. The molecule has 3 amide bonds. The lowest BCUT2D eigenvalue weighted by Crippen LogP contribution is -2.34. The average Bonchev–Trinajstić information content (AvgIpc) is 2.58. The molecule has 1 atom stereocenters. The van der Waals surface area contributed by atoms with Crippen molar-refractivity contribution in [2.45, 2.75) is 9.05 Å². The molecule has 0 aliphatic carbocycles. The number of thioether (sulfide) groups is 1. The SMILES string of the molecule is C=CC(Br)Sc1c(Cl)cc(NC(=O)NC(=O)c2ccccc2F)cc1Cl. The third-order valence-corrected chi connectivity index (χ3v) is 5.87. The number of halogens is 4. The highest BCUT2D eigenvalue weighted by molar-refractivity contribution is 9.11. The summed E-state index contributed by atoms with van der Waals surface area (Å²) in [6.45, 7) is 3.65. The van der Waals surface area contributed by atoms with Crippen molar-refractivity contribution < 1.29 is 14.0 Å². The summed E-state index contributed by atoms with van der Waals surface area (Å²) in [7, 11) is 0. The highest BCUT2D eigenvalue weighted by atomic mass is 79.9. The minimum absolute atomic E-state index is 0.0852. The fourth-order valence-electron chi connectivity index (χ4n) is 1.88. The second kappa shape index (κ2) is 9.41. The van der Waals surface area contributed by atoms with Crippen molar-refractivity contribution in [2.24, 2.45) is 0 Å². The zero-order chi connectivity index (χ0) is 19.3. The van der Waals surface area contributed by atoms with E-state index >= 15 is 0 Å². The van der Waals surface area contributed by atoms with Gasteiger partial charge in [-0.05, 0) is 24.3 Å². The van der Waals surface area contributed by atoms with Crippen LogP contribution in [0.3, 0.4) is 0 Å². The van der Waals surface area contributed by atoms with E-state index in [4.69, 9.17) is 23.2 Å². The molecule has 0 aromatic heterocycles. The Morgan fingerprint density at radius 1 is 1.23 bits per heavy atom. The van der Waals surface area contributed by atoms with Gasteiger partial charge in [0.25, 0.3) is 5.91 Å². The number of rotatable bonds is 5. The van der Waals surface area contributed by atoms with Crippen molar-refractivity contribution >= 4 is 68.5 Å². The lowest BCUT2D eigenvalue weighted by molar-refractivity contribution is 0.0963. The predicted octanol–water partition coefficient (Wildman–Crippen LogP) is 6.09. The van der Waals surface area contributed by atoms with Crippen LogP contribution in [0.4, 0.5) is 14.9 Å². The van der Waals surface area contributed by atoms with Gasteiger partial charge in [-0.15, -0.1) is 18.3 Å². The third-order valence-electron chi connectivity index (χ3n) is 3.02. The Labute approximate surface area is 172 Å². The molecule has 2 rings (SSSR count). The fraction of sp³-hybridized carbons (Fsp3) is 0.0588. The largest absolute Gasteiger partial charge is 0.326 e. The quantitative estimate of drug-likeness (QED) is 0.311. The minimum Gasteiger partial charge on any atom is -0.308 e. The van der Waals surface area contributed by atoms with E-state index in [1.54, 1.807) is 6.08 Å². The summed E-state index contributed by atoms with van der Waals surface area (Å²) in [4.78, 5) is 24.5. The fourth-order valence-corrected chi connectivity index (χ4v) is 3.86. The first-order chi connectivity index (χ1) is 12.3. The lowest BCUT2D eigenvalue weighted by atomic mass is 10.2. The normalized spacial score (nSPS) is 11.5. The van der Waals surface area contributed by atoms with Crippen LogP contribution in [0.2, 0.25) is 10.0 Å². The number of amides is 3. The van der Waals surface area contributed by atoms with Crippen LogP contribution in [0.15, 0.2) is 53.9 Å². The molecular formula is C17H12BrCl2FN2O2S. The molecule has 0 bridgehead atoms. The van der Waals surface area contributed by atoms with Gasteiger partial charge >= 0.3 is 6.03 Å². The van der Waals surface area contributed by atoms with E-state index in [9.17, 15) is 14.0 Å². The first-order valence-electron chi connectivity index (χ1n) is 7.11. The van der Waals surface area contributed by atoms with Gasteiger partial charge < -0.3 is 5.32 Å². The molecule has 9 heteroatoms. The highest BCUT2D eigenvalue weighted by Crippen LogP contribution is 2.40. The van der Waals surface area contributed by atoms with Gasteiger partial charge in [-0.2, -0.15) is 0 Å². The Hall–Kier alpha value is -1.54. The highest BCUT2D eigenvalue weighted by Gasteiger charge is 2.16. The smallest absolute Gasteiger partial charge is 0.308 e. The molecule has 4 nitrogen and oxygen atoms in total. The van der Waals surface area contributed by atoms with E-state index in [0.717, 1.165) is 6.07 Å². The van der Waals surface area contributed by atoms with Gasteiger partial charge in [0, 0.05) is 10.6 Å². The van der Waals surface area contributed by atoms with E-state index in [0.29, 0.717) is 14.9 Å². The monoisotopic (exact) mass is 476 g/mol. The maximum Gasteiger partial charge on any atom is 0.326 e. The van der Waals surface area contributed by atoms with Crippen LogP contribution >= 0.6 is 50.9 Å². The first-order valence-corrected chi connectivity index (χ1v) is 9.66. The molecule has 0 spiro atoms. The Morgan fingerprint density at radius 2 is 1.85 bits per heavy atom. The summed E-state index contributed by atoms with van der Waals surface area (Å²) in [5.74, 6) is -1.59. The molecule has 2 aromatic rings. The zero-order valence-electron chi connectivity index (χ0n) is 13.1. The molecule has 2 N–H and O–H groups in total. The van der Waals surface area contributed by atoms with Crippen molar-refractivity contribution in [2.75, 3.05) is 5.32 Å². The Kier molecular flexibility index (Phi) is 7.52. The number of urea groups is 1. The van der Waals surface area contributed by atoms with Crippen LogP contribution in [0, 0.1) is 5.82 Å². The van der Waals surface area contributed by atoms with Gasteiger partial charge in [-0.3, -0.25) is 10.1 Å². The van der Waals surface area contributed by atoms with E-state index in [2.05, 4.69) is 27.8 Å². The van der Waals surface area contributed by atoms with Crippen molar-refractivity contribution in [3.8, 4) is 0 Å². The van der Waals surface area contributed by atoms with Crippen LogP contribution in [0.5, 0.6) is 0 Å². The lowest BCUT2D eigenvalue weighted by Gasteiger charge is -2.12. The van der Waals surface area contributed by atoms with Gasteiger partial charge in [0.2, 0.25) is 0 Å². The molecule has 1 unspecified atom stereocenters. The van der Waals surface area contributed by atoms with Gasteiger partial charge in [-0.1, -0.05) is 57.3 Å². The zero-order valence-corrected chi connectivity index (χ0v) is 17.0. The summed E-state index contributed by atoms with van der Waals surface area (Å²) in [5.41, 5.74) is 0.0474. The Bertz CT molecular complexity index is 843. The van der Waals surface area contributed by atoms with E-state index in [-0.39, 0.29) is 15.4 Å². The van der Waals surface area contributed by atoms with Crippen molar-refractivity contribution in [3.05, 3.63) is 70.5 Å².